The fourth-order valence-electron chi connectivity index (χ4n) is 1.23. The van der Waals surface area contributed by atoms with Crippen LogP contribution < -0.4 is 11.1 Å². The van der Waals surface area contributed by atoms with E-state index in [1.54, 1.807) is 0 Å². The first-order chi connectivity index (χ1) is 8.22. The van der Waals surface area contributed by atoms with Crippen LogP contribution in [-0.4, -0.2) is 24.7 Å². The Morgan fingerprint density at radius 2 is 1.94 bits per heavy atom. The summed E-state index contributed by atoms with van der Waals surface area (Å²) in [5, 5.41) is 3.57. The van der Waals surface area contributed by atoms with Gasteiger partial charge in [0.1, 0.15) is 0 Å². The molecule has 6 heteroatoms. The van der Waals surface area contributed by atoms with Gasteiger partial charge in [-0.1, -0.05) is 11.6 Å². The predicted octanol–water partition coefficient (Wildman–Crippen LogP) is 2.71. The Hall–Kier alpha value is -0.420. The van der Waals surface area contributed by atoms with E-state index in [9.17, 15) is 4.79 Å². The minimum atomic E-state index is 0. The zero-order chi connectivity index (χ0) is 12.5. The van der Waals surface area contributed by atoms with E-state index in [2.05, 4.69) is 5.32 Å². The first-order valence-electron chi connectivity index (χ1n) is 5.57. The number of unbranched alkanes of at least 4 members (excludes halogenated alkanes) is 1. The number of thioether (sulfide) groups is 1. The molecule has 0 saturated heterocycles. The molecule has 18 heavy (non-hydrogen) atoms. The van der Waals surface area contributed by atoms with E-state index < -0.39 is 0 Å². The van der Waals surface area contributed by atoms with Crippen molar-refractivity contribution in [2.45, 2.75) is 17.7 Å². The molecule has 0 bridgehead atoms. The third kappa shape index (κ3) is 7.82. The van der Waals surface area contributed by atoms with Crippen LogP contribution in [0.25, 0.3) is 0 Å². The topological polar surface area (TPSA) is 55.1 Å². The van der Waals surface area contributed by atoms with Gasteiger partial charge in [0, 0.05) is 16.5 Å². The van der Waals surface area contributed by atoms with Crippen molar-refractivity contribution in [2.75, 3.05) is 18.8 Å². The van der Waals surface area contributed by atoms with E-state index >= 15 is 0 Å². The minimum absolute atomic E-state index is 0. The summed E-state index contributed by atoms with van der Waals surface area (Å²) >= 11 is 7.28. The molecule has 1 aromatic carbocycles. The molecule has 0 atom stereocenters. The lowest BCUT2D eigenvalue weighted by molar-refractivity contribution is -0.118. The molecule has 0 spiro atoms. The van der Waals surface area contributed by atoms with Gasteiger partial charge in [0.2, 0.25) is 5.91 Å². The van der Waals surface area contributed by atoms with Crippen molar-refractivity contribution >= 4 is 41.7 Å². The van der Waals surface area contributed by atoms with Gasteiger partial charge >= 0.3 is 0 Å². The lowest BCUT2D eigenvalue weighted by atomic mass is 10.3. The summed E-state index contributed by atoms with van der Waals surface area (Å²) in [6, 6.07) is 7.47. The van der Waals surface area contributed by atoms with Gasteiger partial charge in [-0.15, -0.1) is 24.2 Å². The first kappa shape index (κ1) is 17.6. The zero-order valence-corrected chi connectivity index (χ0v) is 12.4. The second kappa shape index (κ2) is 10.5. The number of hydrogen-bond acceptors (Lipinski definition) is 3. The summed E-state index contributed by atoms with van der Waals surface area (Å²) in [6.45, 7) is 1.38. The maximum absolute atomic E-state index is 11.5. The van der Waals surface area contributed by atoms with Crippen LogP contribution in [0.15, 0.2) is 29.2 Å². The van der Waals surface area contributed by atoms with Crippen LogP contribution in [0.3, 0.4) is 0 Å². The molecule has 0 unspecified atom stereocenters. The van der Waals surface area contributed by atoms with E-state index in [1.807, 2.05) is 24.3 Å². The van der Waals surface area contributed by atoms with E-state index in [0.717, 1.165) is 17.7 Å². The molecule has 0 radical (unpaired) electrons. The molecule has 0 aliphatic heterocycles. The normalized spacial score (nSPS) is 9.67. The van der Waals surface area contributed by atoms with E-state index in [-0.39, 0.29) is 18.3 Å². The van der Waals surface area contributed by atoms with Crippen molar-refractivity contribution < 1.29 is 4.79 Å². The zero-order valence-electron chi connectivity index (χ0n) is 10.0. The quantitative estimate of drug-likeness (QED) is 0.601. The molecule has 0 aliphatic carbocycles. The fourth-order valence-corrected chi connectivity index (χ4v) is 2.08. The summed E-state index contributed by atoms with van der Waals surface area (Å²) in [4.78, 5) is 12.5. The molecule has 3 nitrogen and oxygen atoms in total. The number of carbonyl (C=O) groups excluding carboxylic acids is 1. The Labute approximate surface area is 123 Å². The smallest absolute Gasteiger partial charge is 0.230 e. The average Bonchev–Trinajstić information content (AvgIpc) is 2.34. The average molecular weight is 309 g/mol. The molecule has 102 valence electrons. The number of nitrogens with one attached hydrogen (secondary N) is 1. The predicted molar refractivity (Wildman–Crippen MR) is 80.7 cm³/mol. The Kier molecular flexibility index (Phi) is 10.3. The van der Waals surface area contributed by atoms with Crippen LogP contribution in [0.5, 0.6) is 0 Å². The van der Waals surface area contributed by atoms with Gasteiger partial charge in [-0.2, -0.15) is 0 Å². The first-order valence-corrected chi connectivity index (χ1v) is 6.94. The van der Waals surface area contributed by atoms with Crippen molar-refractivity contribution in [3.8, 4) is 0 Å². The van der Waals surface area contributed by atoms with Crippen LogP contribution in [0, 0.1) is 0 Å². The standard InChI is InChI=1S/C12H17ClN2OS.ClH/c13-10-3-5-11(6-4-10)17-9-12(16)15-8-2-1-7-14;/h3-6H,1-2,7-9,14H2,(H,15,16);1H. The number of hydrogen-bond donors (Lipinski definition) is 2. The molecule has 0 saturated carbocycles. The maximum Gasteiger partial charge on any atom is 0.230 e. The van der Waals surface area contributed by atoms with Crippen LogP contribution in [-0.2, 0) is 4.79 Å². The lowest BCUT2D eigenvalue weighted by Crippen LogP contribution is -2.26. The third-order valence-electron chi connectivity index (χ3n) is 2.14. The van der Waals surface area contributed by atoms with E-state index in [4.69, 9.17) is 17.3 Å². The highest BCUT2D eigenvalue weighted by molar-refractivity contribution is 8.00. The second-order valence-electron chi connectivity index (χ2n) is 3.59. The van der Waals surface area contributed by atoms with Gasteiger partial charge in [-0.05, 0) is 43.7 Å². The summed E-state index contributed by atoms with van der Waals surface area (Å²) in [5.41, 5.74) is 5.36. The molecular formula is C12H18Cl2N2OS. The SMILES string of the molecule is Cl.NCCCCNC(=O)CSc1ccc(Cl)cc1. The molecule has 1 amide bonds. The number of benzene rings is 1. The molecule has 0 aromatic heterocycles. The van der Waals surface area contributed by atoms with Crippen molar-refractivity contribution in [1.82, 2.24) is 5.32 Å². The van der Waals surface area contributed by atoms with Gasteiger partial charge in [0.05, 0.1) is 5.75 Å². The Balaban J connectivity index is 0.00000289. The van der Waals surface area contributed by atoms with Gasteiger partial charge in [0.25, 0.3) is 0 Å². The molecular weight excluding hydrogens is 291 g/mol. The molecule has 0 aliphatic rings. The molecule has 1 rings (SSSR count). The molecule has 0 heterocycles. The number of carbonyl (C=O) groups is 1. The fraction of sp³-hybridized carbons (Fsp3) is 0.417. The highest BCUT2D eigenvalue weighted by Gasteiger charge is 2.01. The van der Waals surface area contributed by atoms with Crippen LogP contribution >= 0.6 is 35.8 Å². The Morgan fingerprint density at radius 3 is 2.56 bits per heavy atom. The van der Waals surface area contributed by atoms with Gasteiger partial charge in [-0.25, -0.2) is 0 Å². The van der Waals surface area contributed by atoms with Crippen molar-refractivity contribution in [1.29, 1.82) is 0 Å². The van der Waals surface area contributed by atoms with Gasteiger partial charge in [-0.3, -0.25) is 4.79 Å². The summed E-state index contributed by atoms with van der Waals surface area (Å²) in [6.07, 6.45) is 1.89. The Morgan fingerprint density at radius 1 is 1.28 bits per heavy atom. The van der Waals surface area contributed by atoms with Crippen molar-refractivity contribution in [3.05, 3.63) is 29.3 Å². The maximum atomic E-state index is 11.5. The number of halogens is 2. The van der Waals surface area contributed by atoms with E-state index in [0.29, 0.717) is 23.9 Å². The summed E-state index contributed by atoms with van der Waals surface area (Å²) in [7, 11) is 0. The van der Waals surface area contributed by atoms with E-state index in [1.165, 1.54) is 11.8 Å². The third-order valence-corrected chi connectivity index (χ3v) is 3.40. The highest BCUT2D eigenvalue weighted by atomic mass is 35.5. The summed E-state index contributed by atoms with van der Waals surface area (Å²) < 4.78 is 0. The van der Waals surface area contributed by atoms with Crippen LogP contribution in [0.4, 0.5) is 0 Å². The van der Waals surface area contributed by atoms with Gasteiger partial charge in [0.15, 0.2) is 0 Å². The minimum Gasteiger partial charge on any atom is -0.355 e. The monoisotopic (exact) mass is 308 g/mol. The van der Waals surface area contributed by atoms with Crippen molar-refractivity contribution in [3.63, 3.8) is 0 Å². The molecule has 3 N–H and O–H groups in total. The number of nitrogens with two attached hydrogens (primary N) is 1. The highest BCUT2D eigenvalue weighted by Crippen LogP contribution is 2.19. The molecule has 1 aromatic rings. The van der Waals surface area contributed by atoms with Crippen LogP contribution in [0.2, 0.25) is 5.02 Å². The van der Waals surface area contributed by atoms with Crippen LogP contribution in [0.1, 0.15) is 12.8 Å². The summed E-state index contributed by atoms with van der Waals surface area (Å²) in [5.74, 6) is 0.492. The Bertz CT molecular complexity index is 346. The number of rotatable bonds is 7. The largest absolute Gasteiger partial charge is 0.355 e. The van der Waals surface area contributed by atoms with Gasteiger partial charge < -0.3 is 11.1 Å². The second-order valence-corrected chi connectivity index (χ2v) is 5.07. The van der Waals surface area contributed by atoms with Crippen molar-refractivity contribution in [2.24, 2.45) is 5.73 Å². The number of amides is 1. The lowest BCUT2D eigenvalue weighted by Gasteiger charge is -2.04. The molecule has 0 fully saturated rings.